The van der Waals surface area contributed by atoms with Gasteiger partial charge in [-0.1, -0.05) is 0 Å². The molecule has 14 heavy (non-hydrogen) atoms. The Labute approximate surface area is 78.4 Å². The molecule has 0 aliphatic carbocycles. The van der Waals surface area contributed by atoms with Gasteiger partial charge in [-0.05, 0) is 12.1 Å². The lowest BCUT2D eigenvalue weighted by Gasteiger charge is -1.93. The van der Waals surface area contributed by atoms with Gasteiger partial charge in [0.05, 0.1) is 6.20 Å². The SMILES string of the molecule is FC(F)c1ncc(-c2ccncc2)o1. The summed E-state index contributed by atoms with van der Waals surface area (Å²) in [6.45, 7) is 0. The van der Waals surface area contributed by atoms with Crippen LogP contribution in [0, 0.1) is 0 Å². The zero-order valence-corrected chi connectivity index (χ0v) is 7.02. The van der Waals surface area contributed by atoms with Gasteiger partial charge < -0.3 is 4.42 Å². The molecule has 2 aromatic heterocycles. The molecule has 2 heterocycles. The molecule has 72 valence electrons. The molecule has 0 bridgehead atoms. The van der Waals surface area contributed by atoms with Gasteiger partial charge in [0.25, 0.3) is 5.89 Å². The molecule has 0 spiro atoms. The lowest BCUT2D eigenvalue weighted by molar-refractivity contribution is 0.116. The monoisotopic (exact) mass is 196 g/mol. The summed E-state index contributed by atoms with van der Waals surface area (Å²) in [6.07, 6.45) is 1.71. The number of alkyl halides is 2. The first-order valence-electron chi connectivity index (χ1n) is 3.91. The second-order valence-electron chi connectivity index (χ2n) is 2.60. The van der Waals surface area contributed by atoms with Crippen molar-refractivity contribution in [3.05, 3.63) is 36.6 Å². The Morgan fingerprint density at radius 3 is 2.50 bits per heavy atom. The van der Waals surface area contributed by atoms with E-state index in [1.807, 2.05) is 0 Å². The smallest absolute Gasteiger partial charge is 0.313 e. The third kappa shape index (κ3) is 1.61. The molecule has 2 aromatic rings. The third-order valence-corrected chi connectivity index (χ3v) is 1.68. The normalized spacial score (nSPS) is 10.8. The van der Waals surface area contributed by atoms with Gasteiger partial charge in [-0.3, -0.25) is 4.98 Å². The number of hydrogen-bond acceptors (Lipinski definition) is 3. The van der Waals surface area contributed by atoms with E-state index in [-0.39, 0.29) is 0 Å². The first kappa shape index (κ1) is 8.80. The zero-order valence-electron chi connectivity index (χ0n) is 7.02. The van der Waals surface area contributed by atoms with Gasteiger partial charge in [0.15, 0.2) is 5.76 Å². The summed E-state index contributed by atoms with van der Waals surface area (Å²) in [5, 5.41) is 0. The topological polar surface area (TPSA) is 38.9 Å². The average Bonchev–Trinajstić information content (AvgIpc) is 2.68. The minimum absolute atomic E-state index is 0.322. The fourth-order valence-electron chi connectivity index (χ4n) is 1.04. The van der Waals surface area contributed by atoms with Gasteiger partial charge in [-0.15, -0.1) is 0 Å². The molecule has 0 unspecified atom stereocenters. The highest BCUT2D eigenvalue weighted by atomic mass is 19.3. The second-order valence-corrected chi connectivity index (χ2v) is 2.60. The van der Waals surface area contributed by atoms with Crippen LogP contribution in [0.15, 0.2) is 35.1 Å². The largest absolute Gasteiger partial charge is 0.435 e. The van der Waals surface area contributed by atoms with Crippen molar-refractivity contribution in [2.45, 2.75) is 6.43 Å². The van der Waals surface area contributed by atoms with Crippen molar-refractivity contribution >= 4 is 0 Å². The summed E-state index contributed by atoms with van der Waals surface area (Å²) >= 11 is 0. The molecule has 3 nitrogen and oxygen atoms in total. The van der Waals surface area contributed by atoms with E-state index in [1.54, 1.807) is 24.5 Å². The summed E-state index contributed by atoms with van der Waals surface area (Å²) in [7, 11) is 0. The van der Waals surface area contributed by atoms with Crippen LogP contribution in [-0.4, -0.2) is 9.97 Å². The minimum Gasteiger partial charge on any atom is -0.435 e. The lowest BCUT2D eigenvalue weighted by atomic mass is 10.2. The number of rotatable bonds is 2. The molecule has 0 atom stereocenters. The van der Waals surface area contributed by atoms with Crippen LogP contribution in [0.4, 0.5) is 8.78 Å². The number of oxazole rings is 1. The first-order chi connectivity index (χ1) is 6.77. The molecule has 0 aliphatic rings. The van der Waals surface area contributed by atoms with Crippen molar-refractivity contribution in [1.29, 1.82) is 0 Å². The van der Waals surface area contributed by atoms with Crippen molar-refractivity contribution in [3.63, 3.8) is 0 Å². The highest BCUT2D eigenvalue weighted by molar-refractivity contribution is 5.54. The predicted molar refractivity (Wildman–Crippen MR) is 44.7 cm³/mol. The maximum atomic E-state index is 12.1. The standard InChI is InChI=1S/C9H6F2N2O/c10-8(11)9-13-5-7(14-9)6-1-3-12-4-2-6/h1-5,8H. The van der Waals surface area contributed by atoms with E-state index in [0.717, 1.165) is 0 Å². The quantitative estimate of drug-likeness (QED) is 0.741. The summed E-state index contributed by atoms with van der Waals surface area (Å²) < 4.78 is 29.1. The van der Waals surface area contributed by atoms with E-state index >= 15 is 0 Å². The fourth-order valence-corrected chi connectivity index (χ4v) is 1.04. The Kier molecular flexibility index (Phi) is 2.22. The van der Waals surface area contributed by atoms with Crippen LogP contribution in [0.5, 0.6) is 0 Å². The molecule has 0 amide bonds. The van der Waals surface area contributed by atoms with Crippen molar-refractivity contribution in [3.8, 4) is 11.3 Å². The van der Waals surface area contributed by atoms with Crippen molar-refractivity contribution < 1.29 is 13.2 Å². The van der Waals surface area contributed by atoms with E-state index in [4.69, 9.17) is 4.42 Å². The molecule has 0 saturated carbocycles. The van der Waals surface area contributed by atoms with Crippen LogP contribution < -0.4 is 0 Å². The van der Waals surface area contributed by atoms with E-state index in [0.29, 0.717) is 11.3 Å². The van der Waals surface area contributed by atoms with E-state index in [2.05, 4.69) is 9.97 Å². The highest BCUT2D eigenvalue weighted by Gasteiger charge is 2.14. The summed E-state index contributed by atoms with van der Waals surface area (Å²) in [5.74, 6) is -0.237. The van der Waals surface area contributed by atoms with E-state index in [1.165, 1.54) is 6.20 Å². The van der Waals surface area contributed by atoms with Crippen LogP contribution in [0.3, 0.4) is 0 Å². The van der Waals surface area contributed by atoms with Crippen molar-refractivity contribution in [2.24, 2.45) is 0 Å². The van der Waals surface area contributed by atoms with Gasteiger partial charge >= 0.3 is 6.43 Å². The predicted octanol–water partition coefficient (Wildman–Crippen LogP) is 2.67. The third-order valence-electron chi connectivity index (χ3n) is 1.68. The number of halogens is 2. The second kappa shape index (κ2) is 3.53. The van der Waals surface area contributed by atoms with Crippen LogP contribution in [-0.2, 0) is 0 Å². The zero-order chi connectivity index (χ0) is 9.97. The Hall–Kier alpha value is -1.78. The Balaban J connectivity index is 2.34. The van der Waals surface area contributed by atoms with Gasteiger partial charge in [0, 0.05) is 18.0 Å². The highest BCUT2D eigenvalue weighted by Crippen LogP contribution is 2.24. The Morgan fingerprint density at radius 2 is 1.93 bits per heavy atom. The van der Waals surface area contributed by atoms with Gasteiger partial charge in [-0.2, -0.15) is 8.78 Å². The fraction of sp³-hybridized carbons (Fsp3) is 0.111. The van der Waals surface area contributed by atoms with Crippen LogP contribution in [0.25, 0.3) is 11.3 Å². The molecule has 0 aromatic carbocycles. The van der Waals surface area contributed by atoms with Gasteiger partial charge in [0.1, 0.15) is 0 Å². The number of aromatic nitrogens is 2. The molecular weight excluding hydrogens is 190 g/mol. The van der Waals surface area contributed by atoms with Crippen LogP contribution in [0.1, 0.15) is 12.3 Å². The molecule has 0 N–H and O–H groups in total. The van der Waals surface area contributed by atoms with Crippen LogP contribution in [0.2, 0.25) is 0 Å². The molecule has 5 heteroatoms. The molecule has 0 fully saturated rings. The molecular formula is C9H6F2N2O. The number of hydrogen-bond donors (Lipinski definition) is 0. The molecule has 0 saturated heterocycles. The summed E-state index contributed by atoms with van der Waals surface area (Å²) in [4.78, 5) is 7.26. The van der Waals surface area contributed by atoms with Crippen molar-refractivity contribution in [2.75, 3.05) is 0 Å². The summed E-state index contributed by atoms with van der Waals surface area (Å²) in [5.41, 5.74) is 0.680. The van der Waals surface area contributed by atoms with Crippen LogP contribution >= 0.6 is 0 Å². The Morgan fingerprint density at radius 1 is 1.21 bits per heavy atom. The van der Waals surface area contributed by atoms with Crippen molar-refractivity contribution in [1.82, 2.24) is 9.97 Å². The maximum absolute atomic E-state index is 12.1. The lowest BCUT2D eigenvalue weighted by Crippen LogP contribution is -1.80. The van der Waals surface area contributed by atoms with Gasteiger partial charge in [0.2, 0.25) is 0 Å². The Bertz CT molecular complexity index is 414. The minimum atomic E-state index is -2.68. The molecule has 2 rings (SSSR count). The average molecular weight is 196 g/mol. The molecule has 0 radical (unpaired) electrons. The van der Waals surface area contributed by atoms with E-state index < -0.39 is 12.3 Å². The molecule has 0 aliphatic heterocycles. The first-order valence-corrected chi connectivity index (χ1v) is 3.91. The number of pyridine rings is 1. The van der Waals surface area contributed by atoms with E-state index in [9.17, 15) is 8.78 Å². The summed E-state index contributed by atoms with van der Waals surface area (Å²) in [6, 6.07) is 3.32. The van der Waals surface area contributed by atoms with Gasteiger partial charge in [-0.25, -0.2) is 4.98 Å². The number of nitrogens with zero attached hydrogens (tertiary/aromatic N) is 2. The maximum Gasteiger partial charge on any atom is 0.313 e.